The molecule has 1 aromatic rings. The van der Waals surface area contributed by atoms with E-state index in [9.17, 15) is 24.9 Å². The number of ether oxygens (including phenoxy) is 1. The van der Waals surface area contributed by atoms with Crippen molar-refractivity contribution in [3.63, 3.8) is 0 Å². The predicted octanol–water partition coefficient (Wildman–Crippen LogP) is 7.77. The van der Waals surface area contributed by atoms with Crippen LogP contribution in [0.2, 0.25) is 0 Å². The molecule has 6 heteroatoms. The first kappa shape index (κ1) is 30.7. The second-order valence-corrected chi connectivity index (χ2v) is 17.2. The van der Waals surface area contributed by atoms with Crippen LogP contribution in [0.4, 0.5) is 0 Å². The highest BCUT2D eigenvalue weighted by Crippen LogP contribution is 2.75. The van der Waals surface area contributed by atoms with E-state index in [2.05, 4.69) is 54.5 Å². The second-order valence-electron chi connectivity index (χ2n) is 17.2. The summed E-state index contributed by atoms with van der Waals surface area (Å²) in [6.07, 6.45) is 8.82. The number of benzene rings is 1. The number of carbonyl (C=O) groups excluding carboxylic acids is 1. The van der Waals surface area contributed by atoms with Gasteiger partial charge in [-0.2, -0.15) is 0 Å². The molecule has 5 aliphatic carbocycles. The number of aliphatic hydroxyl groups excluding tert-OH is 1. The molecule has 43 heavy (non-hydrogen) atoms. The number of aromatic hydroxyl groups is 1. The van der Waals surface area contributed by atoms with Crippen LogP contribution >= 0.6 is 0 Å². The Morgan fingerprint density at radius 2 is 1.42 bits per heavy atom. The molecule has 0 aromatic heterocycles. The van der Waals surface area contributed by atoms with Gasteiger partial charge in [0.2, 0.25) is 0 Å². The molecule has 4 fully saturated rings. The number of rotatable bonds is 3. The lowest BCUT2D eigenvalue weighted by Crippen LogP contribution is -2.66. The molecule has 0 bridgehead atoms. The summed E-state index contributed by atoms with van der Waals surface area (Å²) in [6, 6.07) is 6.07. The summed E-state index contributed by atoms with van der Waals surface area (Å²) >= 11 is 0. The van der Waals surface area contributed by atoms with Crippen LogP contribution in [-0.4, -0.2) is 39.5 Å². The maximum Gasteiger partial charge on any atom is 0.338 e. The SMILES string of the molecule is CC1(C)CC[C@]2(C(=O)O)CC=C3[C@]4(C)CC[C@H]5C(C)(C)[C@H](O)[C@@H](OC(=O)c6ccc(O)cc6)C[C@]5(C)[C@H]4CC[C@@]3(C)[C@H]2C1. The molecule has 236 valence electrons. The summed E-state index contributed by atoms with van der Waals surface area (Å²) in [5.74, 6) is -0.268. The van der Waals surface area contributed by atoms with Crippen LogP contribution < -0.4 is 0 Å². The van der Waals surface area contributed by atoms with Crippen LogP contribution in [0.15, 0.2) is 35.9 Å². The van der Waals surface area contributed by atoms with Crippen molar-refractivity contribution in [3.05, 3.63) is 41.5 Å². The maximum absolute atomic E-state index is 13.2. The Labute approximate surface area is 257 Å². The summed E-state index contributed by atoms with van der Waals surface area (Å²) in [5.41, 5.74) is 0.467. The highest BCUT2D eigenvalue weighted by atomic mass is 16.6. The molecule has 0 aliphatic heterocycles. The number of carboxylic acid groups (broad SMARTS) is 1. The van der Waals surface area contributed by atoms with Gasteiger partial charge in [-0.15, -0.1) is 0 Å². The number of hydrogen-bond donors (Lipinski definition) is 3. The molecule has 0 saturated heterocycles. The molecular formula is C37H52O6. The van der Waals surface area contributed by atoms with Crippen molar-refractivity contribution in [1.29, 1.82) is 0 Å². The van der Waals surface area contributed by atoms with Gasteiger partial charge >= 0.3 is 11.9 Å². The van der Waals surface area contributed by atoms with Gasteiger partial charge in [0, 0.05) is 0 Å². The third kappa shape index (κ3) is 4.28. The number of fused-ring (bicyclic) bond motifs is 7. The fourth-order valence-corrected chi connectivity index (χ4v) is 11.9. The third-order valence-electron chi connectivity index (χ3n) is 14.0. The highest BCUT2D eigenvalue weighted by Gasteiger charge is 2.69. The van der Waals surface area contributed by atoms with E-state index in [4.69, 9.17) is 4.74 Å². The first-order chi connectivity index (χ1) is 19.9. The number of phenolic OH excluding ortho intramolecular Hbond substituents is 1. The fraction of sp³-hybridized carbons (Fsp3) is 0.730. The molecule has 0 radical (unpaired) electrons. The first-order valence-corrected chi connectivity index (χ1v) is 16.5. The van der Waals surface area contributed by atoms with Crippen molar-refractivity contribution < 1.29 is 29.6 Å². The molecule has 3 N–H and O–H groups in total. The number of allylic oxidation sites excluding steroid dienone is 2. The number of aliphatic carboxylic acids is 1. The maximum atomic E-state index is 13.2. The molecule has 0 spiro atoms. The van der Waals surface area contributed by atoms with Gasteiger partial charge in [0.05, 0.1) is 17.1 Å². The third-order valence-corrected chi connectivity index (χ3v) is 14.0. The molecule has 9 atom stereocenters. The molecule has 1 aromatic carbocycles. The fourth-order valence-electron chi connectivity index (χ4n) is 11.9. The van der Waals surface area contributed by atoms with E-state index in [-0.39, 0.29) is 39.2 Å². The van der Waals surface area contributed by atoms with E-state index in [0.717, 1.165) is 44.9 Å². The van der Waals surface area contributed by atoms with Gasteiger partial charge in [-0.25, -0.2) is 4.79 Å². The Morgan fingerprint density at radius 3 is 2.05 bits per heavy atom. The summed E-state index contributed by atoms with van der Waals surface area (Å²) in [5, 5.41) is 32.0. The van der Waals surface area contributed by atoms with Gasteiger partial charge in [0.25, 0.3) is 0 Å². The Morgan fingerprint density at radius 1 is 0.814 bits per heavy atom. The second kappa shape index (κ2) is 9.58. The van der Waals surface area contributed by atoms with E-state index < -0.39 is 35.0 Å². The lowest BCUT2D eigenvalue weighted by molar-refractivity contribution is -0.219. The van der Waals surface area contributed by atoms with Gasteiger partial charge in [-0.05, 0) is 127 Å². The van der Waals surface area contributed by atoms with Crippen molar-refractivity contribution in [2.75, 3.05) is 0 Å². The Hall–Kier alpha value is -2.34. The van der Waals surface area contributed by atoms with Crippen LogP contribution in [0.3, 0.4) is 0 Å². The monoisotopic (exact) mass is 592 g/mol. The topological polar surface area (TPSA) is 104 Å². The largest absolute Gasteiger partial charge is 0.508 e. The van der Waals surface area contributed by atoms with Gasteiger partial charge in [0.1, 0.15) is 11.9 Å². The molecule has 0 heterocycles. The van der Waals surface area contributed by atoms with Gasteiger partial charge in [-0.1, -0.05) is 60.1 Å². The predicted molar refractivity (Wildman–Crippen MR) is 165 cm³/mol. The highest BCUT2D eigenvalue weighted by molar-refractivity contribution is 5.89. The normalized spacial score (nSPS) is 44.5. The zero-order valence-corrected chi connectivity index (χ0v) is 27.2. The molecule has 0 unspecified atom stereocenters. The first-order valence-electron chi connectivity index (χ1n) is 16.5. The summed E-state index contributed by atoms with van der Waals surface area (Å²) < 4.78 is 6.10. The number of aliphatic hydroxyl groups is 1. The van der Waals surface area contributed by atoms with Crippen LogP contribution in [0.25, 0.3) is 0 Å². The van der Waals surface area contributed by atoms with Crippen LogP contribution in [0.1, 0.15) is 117 Å². The van der Waals surface area contributed by atoms with Gasteiger partial charge < -0.3 is 20.1 Å². The van der Waals surface area contributed by atoms with Crippen molar-refractivity contribution in [1.82, 2.24) is 0 Å². The zero-order chi connectivity index (χ0) is 31.4. The van der Waals surface area contributed by atoms with Crippen LogP contribution in [0, 0.1) is 50.2 Å². The van der Waals surface area contributed by atoms with Gasteiger partial charge in [0.15, 0.2) is 0 Å². The lowest BCUT2D eigenvalue weighted by atomic mass is 9.34. The average molecular weight is 593 g/mol. The van der Waals surface area contributed by atoms with Gasteiger partial charge in [-0.3, -0.25) is 4.79 Å². The Balaban J connectivity index is 1.36. The van der Waals surface area contributed by atoms with E-state index in [1.54, 1.807) is 12.1 Å². The average Bonchev–Trinajstić information content (AvgIpc) is 2.91. The minimum Gasteiger partial charge on any atom is -0.508 e. The zero-order valence-electron chi connectivity index (χ0n) is 27.2. The summed E-state index contributed by atoms with van der Waals surface area (Å²) in [6.45, 7) is 16.1. The number of hydrogen-bond acceptors (Lipinski definition) is 5. The molecule has 0 amide bonds. The van der Waals surface area contributed by atoms with E-state index in [0.29, 0.717) is 24.3 Å². The van der Waals surface area contributed by atoms with E-state index >= 15 is 0 Å². The molecule has 4 saturated carbocycles. The van der Waals surface area contributed by atoms with Crippen LogP contribution in [-0.2, 0) is 9.53 Å². The smallest absolute Gasteiger partial charge is 0.338 e. The van der Waals surface area contributed by atoms with E-state index in [1.165, 1.54) is 17.7 Å². The summed E-state index contributed by atoms with van der Waals surface area (Å²) in [7, 11) is 0. The molecule has 6 rings (SSSR count). The van der Waals surface area contributed by atoms with Crippen molar-refractivity contribution in [3.8, 4) is 5.75 Å². The molecular weight excluding hydrogens is 540 g/mol. The number of esters is 1. The minimum absolute atomic E-state index is 0.0750. The van der Waals surface area contributed by atoms with Crippen molar-refractivity contribution in [2.24, 2.45) is 50.2 Å². The Kier molecular flexibility index (Phi) is 6.83. The van der Waals surface area contributed by atoms with Crippen molar-refractivity contribution in [2.45, 2.75) is 118 Å². The lowest BCUT2D eigenvalue weighted by Gasteiger charge is -2.70. The quantitative estimate of drug-likeness (QED) is 0.245. The number of carboxylic acids is 1. The Bertz CT molecular complexity index is 1340. The van der Waals surface area contributed by atoms with E-state index in [1.807, 2.05) is 0 Å². The summed E-state index contributed by atoms with van der Waals surface area (Å²) in [4.78, 5) is 26.2. The molecule has 5 aliphatic rings. The standard InChI is InChI=1S/C37H52O6/c1-32(2)18-19-37(31(41)42)17-14-26-34(5)15-12-25-33(3,4)29(39)24(43-30(40)22-8-10-23(38)11-9-22)20-36(25,7)27(34)13-16-35(26,6)28(37)21-32/h8-11,14,24-25,27-29,38-39H,12-13,15-21H2,1-7H3,(H,41,42)/t24-,25-,27-,28+,29+,34-,35+,36-,37+/m0/s1. The number of carbonyl (C=O) groups is 2. The molecule has 6 nitrogen and oxygen atoms in total. The van der Waals surface area contributed by atoms with Crippen molar-refractivity contribution >= 4 is 11.9 Å². The van der Waals surface area contributed by atoms with Crippen LogP contribution in [0.5, 0.6) is 5.75 Å². The number of phenols is 1. The minimum atomic E-state index is -0.778.